The average molecular weight is 396 g/mol. The van der Waals surface area contributed by atoms with E-state index >= 15 is 0 Å². The van der Waals surface area contributed by atoms with Gasteiger partial charge in [0.05, 0.1) is 17.7 Å². The molecule has 0 unspecified atom stereocenters. The van der Waals surface area contributed by atoms with E-state index in [0.717, 1.165) is 5.56 Å². The molecular formula is C17H12N6O4S. The lowest BCUT2D eigenvalue weighted by atomic mass is 10.1. The molecule has 0 saturated carbocycles. The van der Waals surface area contributed by atoms with E-state index in [1.807, 2.05) is 6.07 Å². The molecule has 0 aliphatic rings. The van der Waals surface area contributed by atoms with Crippen LogP contribution in [0.2, 0.25) is 0 Å². The number of nitro groups is 1. The van der Waals surface area contributed by atoms with Gasteiger partial charge < -0.3 is 10.1 Å². The Balaban J connectivity index is 1.63. The lowest BCUT2D eigenvalue weighted by molar-refractivity contribution is -0.384. The second kappa shape index (κ2) is 7.04. The van der Waals surface area contributed by atoms with E-state index in [2.05, 4.69) is 20.6 Å². The van der Waals surface area contributed by atoms with Gasteiger partial charge in [0.1, 0.15) is 17.1 Å². The summed E-state index contributed by atoms with van der Waals surface area (Å²) in [6.07, 6.45) is 1.51. The Morgan fingerprint density at radius 2 is 2.04 bits per heavy atom. The predicted octanol–water partition coefficient (Wildman–Crippen LogP) is 3.02. The van der Waals surface area contributed by atoms with E-state index in [1.165, 1.54) is 49.0 Å². The van der Waals surface area contributed by atoms with Crippen LogP contribution in [0.5, 0.6) is 5.75 Å². The van der Waals surface area contributed by atoms with Crippen molar-refractivity contribution >= 4 is 33.6 Å². The largest absolute Gasteiger partial charge is 0.495 e. The smallest absolute Gasteiger partial charge is 0.269 e. The summed E-state index contributed by atoms with van der Waals surface area (Å²) in [7, 11) is 1.50. The molecule has 0 fully saturated rings. The number of amides is 1. The fraction of sp³-hybridized carbons (Fsp3) is 0.0588. The van der Waals surface area contributed by atoms with Crippen molar-refractivity contribution < 1.29 is 14.5 Å². The zero-order valence-corrected chi connectivity index (χ0v) is 15.2. The molecule has 10 nitrogen and oxygen atoms in total. The van der Waals surface area contributed by atoms with Crippen molar-refractivity contribution in [2.24, 2.45) is 0 Å². The summed E-state index contributed by atoms with van der Waals surface area (Å²) in [5, 5.41) is 26.4. The second-order valence-corrected chi connectivity index (χ2v) is 6.59. The van der Waals surface area contributed by atoms with Crippen LogP contribution in [0.3, 0.4) is 0 Å². The number of fused-ring (bicyclic) bond motifs is 1. The lowest BCUT2D eigenvalue weighted by Crippen LogP contribution is -2.12. The molecule has 2 heterocycles. The minimum Gasteiger partial charge on any atom is -0.495 e. The van der Waals surface area contributed by atoms with Gasteiger partial charge in [-0.3, -0.25) is 14.9 Å². The lowest BCUT2D eigenvalue weighted by Gasteiger charge is -2.11. The van der Waals surface area contributed by atoms with Crippen molar-refractivity contribution in [3.8, 4) is 16.3 Å². The van der Waals surface area contributed by atoms with Crippen LogP contribution in [0.1, 0.15) is 10.4 Å². The Hall–Kier alpha value is -3.86. The first-order valence-corrected chi connectivity index (χ1v) is 8.78. The highest BCUT2D eigenvalue weighted by molar-refractivity contribution is 7.19. The number of hydrogen-bond donors (Lipinski definition) is 1. The summed E-state index contributed by atoms with van der Waals surface area (Å²) in [6, 6.07) is 10.6. The first kappa shape index (κ1) is 17.5. The summed E-state index contributed by atoms with van der Waals surface area (Å²) in [5.41, 5.74) is 1.43. The number of carbonyl (C=O) groups excluding carboxylic acids is 1. The van der Waals surface area contributed by atoms with Gasteiger partial charge in [0.25, 0.3) is 11.6 Å². The number of benzene rings is 2. The SMILES string of the molecule is COc1ccc(-c2nn3cnnc3s2)cc1NC(=O)c1ccc([N+](=O)[O-])cc1. The predicted molar refractivity (Wildman–Crippen MR) is 102 cm³/mol. The monoisotopic (exact) mass is 396 g/mol. The number of non-ortho nitro benzene ring substituents is 1. The zero-order chi connectivity index (χ0) is 19.7. The highest BCUT2D eigenvalue weighted by Gasteiger charge is 2.15. The van der Waals surface area contributed by atoms with Crippen LogP contribution in [0.4, 0.5) is 11.4 Å². The third kappa shape index (κ3) is 3.25. The molecule has 0 atom stereocenters. The molecule has 0 spiro atoms. The van der Waals surface area contributed by atoms with Crippen LogP contribution in [0.25, 0.3) is 15.5 Å². The number of anilines is 1. The second-order valence-electron chi connectivity index (χ2n) is 5.64. The number of rotatable bonds is 5. The Bertz CT molecular complexity index is 1160. The number of carbonyl (C=O) groups is 1. The first-order valence-electron chi connectivity index (χ1n) is 7.96. The number of nitrogens with zero attached hydrogens (tertiary/aromatic N) is 5. The van der Waals surface area contributed by atoms with Crippen molar-refractivity contribution in [2.45, 2.75) is 0 Å². The first-order chi connectivity index (χ1) is 13.5. The standard InChI is InChI=1S/C17H12N6O4S/c1-27-14-7-4-11(16-21-22-9-18-20-17(22)28-16)8-13(14)19-15(24)10-2-5-12(6-3-10)23(25)26/h2-9H,1H3,(H,19,24). The molecule has 4 rings (SSSR count). The van der Waals surface area contributed by atoms with Crippen molar-refractivity contribution in [1.82, 2.24) is 19.8 Å². The van der Waals surface area contributed by atoms with Gasteiger partial charge in [-0.25, -0.2) is 0 Å². The van der Waals surface area contributed by atoms with Crippen LogP contribution < -0.4 is 10.1 Å². The molecule has 0 aliphatic heterocycles. The van der Waals surface area contributed by atoms with E-state index < -0.39 is 10.8 Å². The molecule has 0 bridgehead atoms. The third-order valence-electron chi connectivity index (χ3n) is 3.92. The number of aromatic nitrogens is 4. The van der Waals surface area contributed by atoms with Crippen LogP contribution in [0, 0.1) is 10.1 Å². The molecular weight excluding hydrogens is 384 g/mol. The van der Waals surface area contributed by atoms with Gasteiger partial charge in [0.15, 0.2) is 0 Å². The summed E-state index contributed by atoms with van der Waals surface area (Å²) >= 11 is 1.36. The number of ether oxygens (including phenoxy) is 1. The minimum atomic E-state index is -0.519. The molecule has 140 valence electrons. The Labute approximate surface area is 161 Å². The van der Waals surface area contributed by atoms with Gasteiger partial charge >= 0.3 is 0 Å². The van der Waals surface area contributed by atoms with E-state index in [9.17, 15) is 14.9 Å². The van der Waals surface area contributed by atoms with Crippen LogP contribution in [-0.4, -0.2) is 37.8 Å². The van der Waals surface area contributed by atoms with Gasteiger partial charge in [0, 0.05) is 23.3 Å². The molecule has 2 aromatic heterocycles. The molecule has 0 saturated heterocycles. The van der Waals surface area contributed by atoms with Crippen molar-refractivity contribution in [2.75, 3.05) is 12.4 Å². The van der Waals surface area contributed by atoms with Gasteiger partial charge in [-0.2, -0.15) is 9.61 Å². The molecule has 2 aromatic carbocycles. The van der Waals surface area contributed by atoms with Crippen molar-refractivity contribution in [3.63, 3.8) is 0 Å². The van der Waals surface area contributed by atoms with Crippen LogP contribution in [-0.2, 0) is 0 Å². The fourth-order valence-corrected chi connectivity index (χ4v) is 3.36. The summed E-state index contributed by atoms with van der Waals surface area (Å²) in [6.45, 7) is 0. The number of hydrogen-bond acceptors (Lipinski definition) is 8. The topological polar surface area (TPSA) is 125 Å². The summed E-state index contributed by atoms with van der Waals surface area (Å²) < 4.78 is 6.89. The average Bonchev–Trinajstić information content (AvgIpc) is 3.30. The molecule has 1 N–H and O–H groups in total. The van der Waals surface area contributed by atoms with Crippen molar-refractivity contribution in [1.29, 1.82) is 0 Å². The zero-order valence-electron chi connectivity index (χ0n) is 14.4. The summed E-state index contributed by atoms with van der Waals surface area (Å²) in [4.78, 5) is 23.4. The molecule has 0 radical (unpaired) electrons. The Morgan fingerprint density at radius 3 is 2.71 bits per heavy atom. The summed E-state index contributed by atoms with van der Waals surface area (Å²) in [5.74, 6) is 0.0606. The number of nitrogens with one attached hydrogen (secondary N) is 1. The Morgan fingerprint density at radius 1 is 1.25 bits per heavy atom. The molecule has 11 heteroatoms. The van der Waals surface area contributed by atoms with Gasteiger partial charge in [-0.1, -0.05) is 11.3 Å². The molecule has 28 heavy (non-hydrogen) atoms. The maximum absolute atomic E-state index is 12.5. The highest BCUT2D eigenvalue weighted by atomic mass is 32.1. The van der Waals surface area contributed by atoms with Gasteiger partial charge in [-0.15, -0.1) is 10.2 Å². The Kier molecular flexibility index (Phi) is 4.41. The molecule has 1 amide bonds. The quantitative estimate of drug-likeness (QED) is 0.406. The normalized spacial score (nSPS) is 10.8. The van der Waals surface area contributed by atoms with Gasteiger partial charge in [0.2, 0.25) is 4.96 Å². The van der Waals surface area contributed by atoms with Crippen LogP contribution >= 0.6 is 11.3 Å². The highest BCUT2D eigenvalue weighted by Crippen LogP contribution is 2.32. The third-order valence-corrected chi connectivity index (χ3v) is 4.88. The van der Waals surface area contributed by atoms with E-state index in [1.54, 1.807) is 16.6 Å². The van der Waals surface area contributed by atoms with Crippen molar-refractivity contribution in [3.05, 3.63) is 64.5 Å². The number of nitro benzene ring substituents is 1. The van der Waals surface area contributed by atoms with Gasteiger partial charge in [-0.05, 0) is 30.3 Å². The van der Waals surface area contributed by atoms with Crippen LogP contribution in [0.15, 0.2) is 48.8 Å². The van der Waals surface area contributed by atoms with E-state index in [4.69, 9.17) is 4.74 Å². The van der Waals surface area contributed by atoms with E-state index in [0.29, 0.717) is 21.4 Å². The maximum atomic E-state index is 12.5. The minimum absolute atomic E-state index is 0.0839. The fourth-order valence-electron chi connectivity index (χ4n) is 2.54. The maximum Gasteiger partial charge on any atom is 0.269 e. The molecule has 4 aromatic rings. The van der Waals surface area contributed by atoms with E-state index in [-0.39, 0.29) is 11.3 Å². The molecule has 0 aliphatic carbocycles. The number of methoxy groups -OCH3 is 1.